The van der Waals surface area contributed by atoms with Crippen LogP contribution in [0, 0.1) is 11.8 Å². The second kappa shape index (κ2) is 10.8. The van der Waals surface area contributed by atoms with Crippen LogP contribution in [0.4, 0.5) is 11.4 Å². The highest BCUT2D eigenvalue weighted by molar-refractivity contribution is 5.92. The van der Waals surface area contributed by atoms with E-state index in [1.807, 2.05) is 24.3 Å². The fourth-order valence-electron chi connectivity index (χ4n) is 4.36. The van der Waals surface area contributed by atoms with Crippen LogP contribution in [0.2, 0.25) is 0 Å². The van der Waals surface area contributed by atoms with Crippen LogP contribution in [0.1, 0.15) is 33.1 Å². The van der Waals surface area contributed by atoms with Crippen molar-refractivity contribution in [2.75, 3.05) is 56.7 Å². The highest BCUT2D eigenvalue weighted by Gasteiger charge is 2.28. The van der Waals surface area contributed by atoms with Crippen LogP contribution in [-0.4, -0.2) is 69.2 Å². The molecule has 1 saturated carbocycles. The molecule has 0 unspecified atom stereocenters. The number of nitrogens with zero attached hydrogens (tertiary/aromatic N) is 2. The maximum atomic E-state index is 12.4. The van der Waals surface area contributed by atoms with Gasteiger partial charge in [-0.05, 0) is 49.6 Å². The molecule has 7 heteroatoms. The molecule has 2 N–H and O–H groups in total. The van der Waals surface area contributed by atoms with Crippen molar-refractivity contribution in [1.82, 2.24) is 10.2 Å². The van der Waals surface area contributed by atoms with Gasteiger partial charge in [-0.3, -0.25) is 14.5 Å². The number of likely N-dealkylation sites (N-methyl/N-ethyl adjacent to an activating group) is 1. The molecule has 1 aliphatic heterocycles. The van der Waals surface area contributed by atoms with Gasteiger partial charge in [0.15, 0.2) is 0 Å². The lowest BCUT2D eigenvalue weighted by Gasteiger charge is -2.34. The Morgan fingerprint density at radius 1 is 1.07 bits per heavy atom. The minimum absolute atomic E-state index is 0.00823. The average Bonchev–Trinajstić information content (AvgIpc) is 2.72. The summed E-state index contributed by atoms with van der Waals surface area (Å²) in [7, 11) is 1.80. The van der Waals surface area contributed by atoms with Crippen LogP contribution in [-0.2, 0) is 14.3 Å². The standard InChI is InChI=1S/C23H36N4O3/c1-17-5-4-6-21(18(17)2)25-23(29)16-26(3)15-22(28)24-19-7-9-20(10-8-19)27-11-13-30-14-12-27/h7-10,17-18,21H,4-6,11-16H2,1-3H3,(H,24,28)(H,25,29)/t17-,18-,21-/m1/s1. The van der Waals surface area contributed by atoms with Crippen LogP contribution < -0.4 is 15.5 Å². The van der Waals surface area contributed by atoms with Gasteiger partial charge in [-0.2, -0.15) is 0 Å². The number of benzene rings is 1. The van der Waals surface area contributed by atoms with Crippen LogP contribution in [0.3, 0.4) is 0 Å². The summed E-state index contributed by atoms with van der Waals surface area (Å²) in [6.45, 7) is 8.14. The number of anilines is 2. The first-order valence-electron chi connectivity index (χ1n) is 11.1. The monoisotopic (exact) mass is 416 g/mol. The minimum atomic E-state index is -0.121. The van der Waals surface area contributed by atoms with E-state index in [-0.39, 0.29) is 30.9 Å². The second-order valence-corrected chi connectivity index (χ2v) is 8.81. The Hall–Kier alpha value is -2.12. The van der Waals surface area contributed by atoms with Gasteiger partial charge in [-0.25, -0.2) is 0 Å². The largest absolute Gasteiger partial charge is 0.378 e. The van der Waals surface area contributed by atoms with Crippen molar-refractivity contribution in [3.05, 3.63) is 24.3 Å². The molecular formula is C23H36N4O3. The third kappa shape index (κ3) is 6.44. The second-order valence-electron chi connectivity index (χ2n) is 8.81. The van der Waals surface area contributed by atoms with Gasteiger partial charge in [0.2, 0.25) is 11.8 Å². The van der Waals surface area contributed by atoms with E-state index in [4.69, 9.17) is 4.74 Å². The Balaban J connectivity index is 1.41. The third-order valence-electron chi connectivity index (χ3n) is 6.41. The molecule has 1 saturated heterocycles. The van der Waals surface area contributed by atoms with Gasteiger partial charge in [0.05, 0.1) is 26.3 Å². The molecule has 1 aliphatic carbocycles. The Labute approximate surface area is 180 Å². The summed E-state index contributed by atoms with van der Waals surface area (Å²) in [5, 5.41) is 6.08. The van der Waals surface area contributed by atoms with Crippen molar-refractivity contribution in [2.24, 2.45) is 11.8 Å². The lowest BCUT2D eigenvalue weighted by molar-refractivity contribution is -0.124. The Morgan fingerprint density at radius 2 is 1.73 bits per heavy atom. The van der Waals surface area contributed by atoms with Gasteiger partial charge >= 0.3 is 0 Å². The van der Waals surface area contributed by atoms with Crippen molar-refractivity contribution in [3.8, 4) is 0 Å². The number of rotatable bonds is 7. The number of carbonyl (C=O) groups excluding carboxylic acids is 2. The normalized spacial score (nSPS) is 24.5. The van der Waals surface area contributed by atoms with E-state index in [2.05, 4.69) is 29.4 Å². The lowest BCUT2D eigenvalue weighted by Crippen LogP contribution is -2.47. The van der Waals surface area contributed by atoms with Gasteiger partial charge < -0.3 is 20.3 Å². The fraction of sp³-hybridized carbons (Fsp3) is 0.652. The summed E-state index contributed by atoms with van der Waals surface area (Å²) in [5.74, 6) is 1.01. The zero-order chi connectivity index (χ0) is 21.5. The number of hydrogen-bond donors (Lipinski definition) is 2. The molecule has 3 atom stereocenters. The highest BCUT2D eigenvalue weighted by Crippen LogP contribution is 2.29. The maximum Gasteiger partial charge on any atom is 0.238 e. The van der Waals surface area contributed by atoms with Crippen LogP contribution in [0.5, 0.6) is 0 Å². The molecule has 3 rings (SSSR count). The van der Waals surface area contributed by atoms with E-state index in [9.17, 15) is 9.59 Å². The zero-order valence-electron chi connectivity index (χ0n) is 18.5. The summed E-state index contributed by atoms with van der Waals surface area (Å²) >= 11 is 0. The predicted octanol–water partition coefficient (Wildman–Crippen LogP) is 2.33. The van der Waals surface area contributed by atoms with E-state index < -0.39 is 0 Å². The number of hydrogen-bond acceptors (Lipinski definition) is 5. The van der Waals surface area contributed by atoms with E-state index in [0.717, 1.165) is 44.1 Å². The van der Waals surface area contributed by atoms with Gasteiger partial charge in [-0.15, -0.1) is 0 Å². The van der Waals surface area contributed by atoms with Crippen LogP contribution in [0.25, 0.3) is 0 Å². The minimum Gasteiger partial charge on any atom is -0.378 e. The first-order chi connectivity index (χ1) is 14.4. The molecule has 7 nitrogen and oxygen atoms in total. The van der Waals surface area contributed by atoms with Crippen molar-refractivity contribution >= 4 is 23.2 Å². The summed E-state index contributed by atoms with van der Waals surface area (Å²) in [5.41, 5.74) is 1.90. The Kier molecular flexibility index (Phi) is 8.10. The molecule has 2 fully saturated rings. The quantitative estimate of drug-likeness (QED) is 0.714. The maximum absolute atomic E-state index is 12.4. The van der Waals surface area contributed by atoms with Gasteiger partial charge in [-0.1, -0.05) is 26.7 Å². The predicted molar refractivity (Wildman–Crippen MR) is 120 cm³/mol. The molecular weight excluding hydrogens is 380 g/mol. The number of carbonyl (C=O) groups is 2. The first-order valence-corrected chi connectivity index (χ1v) is 11.1. The third-order valence-corrected chi connectivity index (χ3v) is 6.41. The molecule has 0 aromatic heterocycles. The van der Waals surface area contributed by atoms with Gasteiger partial charge in [0, 0.05) is 30.5 Å². The molecule has 0 bridgehead atoms. The lowest BCUT2D eigenvalue weighted by atomic mass is 9.78. The van der Waals surface area contributed by atoms with Crippen molar-refractivity contribution < 1.29 is 14.3 Å². The van der Waals surface area contributed by atoms with Crippen LogP contribution >= 0.6 is 0 Å². The molecule has 2 amide bonds. The molecule has 0 radical (unpaired) electrons. The molecule has 1 heterocycles. The van der Waals surface area contributed by atoms with E-state index >= 15 is 0 Å². The van der Waals surface area contributed by atoms with Crippen molar-refractivity contribution in [2.45, 2.75) is 39.2 Å². The fourth-order valence-corrected chi connectivity index (χ4v) is 4.36. The van der Waals surface area contributed by atoms with Gasteiger partial charge in [0.25, 0.3) is 0 Å². The smallest absolute Gasteiger partial charge is 0.238 e. The summed E-state index contributed by atoms with van der Waals surface area (Å²) in [6.07, 6.45) is 3.45. The van der Waals surface area contributed by atoms with Crippen molar-refractivity contribution in [3.63, 3.8) is 0 Å². The number of nitrogens with one attached hydrogen (secondary N) is 2. The topological polar surface area (TPSA) is 73.9 Å². The molecule has 2 aliphatic rings. The number of ether oxygens (including phenoxy) is 1. The molecule has 30 heavy (non-hydrogen) atoms. The first kappa shape index (κ1) is 22.6. The SMILES string of the molecule is C[C@@H]1[C@H](C)CCC[C@H]1NC(=O)CN(C)CC(=O)Nc1ccc(N2CCOCC2)cc1. The Morgan fingerprint density at radius 3 is 2.43 bits per heavy atom. The van der Waals surface area contributed by atoms with Gasteiger partial charge in [0.1, 0.15) is 0 Å². The zero-order valence-corrected chi connectivity index (χ0v) is 18.5. The molecule has 0 spiro atoms. The van der Waals surface area contributed by atoms with Crippen LogP contribution in [0.15, 0.2) is 24.3 Å². The van der Waals surface area contributed by atoms with E-state index in [1.54, 1.807) is 11.9 Å². The number of amides is 2. The highest BCUT2D eigenvalue weighted by atomic mass is 16.5. The van der Waals surface area contributed by atoms with E-state index in [1.165, 1.54) is 12.8 Å². The molecule has 1 aromatic carbocycles. The van der Waals surface area contributed by atoms with E-state index in [0.29, 0.717) is 11.8 Å². The molecule has 1 aromatic rings. The molecule has 166 valence electrons. The summed E-state index contributed by atoms with van der Waals surface area (Å²) in [4.78, 5) is 28.8. The number of morpholine rings is 1. The Bertz CT molecular complexity index is 703. The average molecular weight is 417 g/mol. The summed E-state index contributed by atoms with van der Waals surface area (Å²) < 4.78 is 5.38. The summed E-state index contributed by atoms with van der Waals surface area (Å²) in [6, 6.07) is 8.12. The van der Waals surface area contributed by atoms with Crippen molar-refractivity contribution in [1.29, 1.82) is 0 Å².